The summed E-state index contributed by atoms with van der Waals surface area (Å²) in [5, 5.41) is 12.7. The molecule has 5 nitrogen and oxygen atoms in total. The van der Waals surface area contributed by atoms with E-state index in [0.717, 1.165) is 16.8 Å². The zero-order chi connectivity index (χ0) is 18.2. The van der Waals surface area contributed by atoms with E-state index < -0.39 is 0 Å². The van der Waals surface area contributed by atoms with Gasteiger partial charge in [0.25, 0.3) is 0 Å². The second kappa shape index (κ2) is 8.79. The van der Waals surface area contributed by atoms with Crippen molar-refractivity contribution in [2.24, 2.45) is 0 Å². The number of amides is 1. The quantitative estimate of drug-likeness (QED) is 0.682. The SMILES string of the molecule is N#Cc1ccc(-c2ccncc2)nc1SCC(=O)NCc1ccccc1. The van der Waals surface area contributed by atoms with Crippen molar-refractivity contribution in [2.75, 3.05) is 5.75 Å². The van der Waals surface area contributed by atoms with Crippen molar-refractivity contribution in [3.63, 3.8) is 0 Å². The van der Waals surface area contributed by atoms with Crippen molar-refractivity contribution in [3.05, 3.63) is 78.1 Å². The maximum atomic E-state index is 12.1. The summed E-state index contributed by atoms with van der Waals surface area (Å²) in [5.74, 6) is 0.104. The van der Waals surface area contributed by atoms with Crippen LogP contribution in [-0.2, 0) is 11.3 Å². The van der Waals surface area contributed by atoms with Crippen LogP contribution in [0.5, 0.6) is 0 Å². The van der Waals surface area contributed by atoms with Crippen LogP contribution in [0.1, 0.15) is 11.1 Å². The summed E-state index contributed by atoms with van der Waals surface area (Å²) in [6.45, 7) is 0.482. The van der Waals surface area contributed by atoms with Crippen molar-refractivity contribution >= 4 is 17.7 Å². The largest absolute Gasteiger partial charge is 0.351 e. The third-order valence-corrected chi connectivity index (χ3v) is 4.62. The van der Waals surface area contributed by atoms with E-state index in [9.17, 15) is 10.1 Å². The van der Waals surface area contributed by atoms with E-state index >= 15 is 0 Å². The minimum Gasteiger partial charge on any atom is -0.351 e. The number of thioether (sulfide) groups is 1. The van der Waals surface area contributed by atoms with Crippen LogP contribution in [0.15, 0.2) is 72.0 Å². The molecular weight excluding hydrogens is 344 g/mol. The monoisotopic (exact) mass is 360 g/mol. The summed E-state index contributed by atoms with van der Waals surface area (Å²) in [7, 11) is 0. The van der Waals surface area contributed by atoms with E-state index in [-0.39, 0.29) is 11.7 Å². The van der Waals surface area contributed by atoms with Gasteiger partial charge in [0.2, 0.25) is 5.91 Å². The summed E-state index contributed by atoms with van der Waals surface area (Å²) in [6, 6.07) is 19.1. The summed E-state index contributed by atoms with van der Waals surface area (Å²) in [6.07, 6.45) is 3.39. The lowest BCUT2D eigenvalue weighted by Gasteiger charge is -2.08. The lowest BCUT2D eigenvalue weighted by molar-refractivity contribution is -0.118. The van der Waals surface area contributed by atoms with Crippen molar-refractivity contribution < 1.29 is 4.79 Å². The zero-order valence-corrected chi connectivity index (χ0v) is 14.7. The maximum Gasteiger partial charge on any atom is 0.230 e. The fourth-order valence-corrected chi connectivity index (χ4v) is 3.10. The van der Waals surface area contributed by atoms with E-state index in [4.69, 9.17) is 0 Å². The van der Waals surface area contributed by atoms with E-state index in [1.54, 1.807) is 24.5 Å². The molecule has 128 valence electrons. The molecule has 1 amide bonds. The molecule has 0 aliphatic carbocycles. The number of hydrogen-bond acceptors (Lipinski definition) is 5. The van der Waals surface area contributed by atoms with Gasteiger partial charge in [-0.3, -0.25) is 9.78 Å². The molecule has 3 rings (SSSR count). The molecule has 0 radical (unpaired) electrons. The smallest absolute Gasteiger partial charge is 0.230 e. The van der Waals surface area contributed by atoms with E-state index in [1.807, 2.05) is 42.5 Å². The van der Waals surface area contributed by atoms with Gasteiger partial charge in [0.1, 0.15) is 11.1 Å². The molecule has 0 bridgehead atoms. The standard InChI is InChI=1S/C20H16N4OS/c21-12-17-6-7-18(16-8-10-22-11-9-16)24-20(17)26-14-19(25)23-13-15-4-2-1-3-5-15/h1-11H,13-14H2,(H,23,25). The first-order chi connectivity index (χ1) is 12.8. The van der Waals surface area contributed by atoms with Gasteiger partial charge in [0, 0.05) is 24.5 Å². The highest BCUT2D eigenvalue weighted by molar-refractivity contribution is 8.00. The molecular formula is C20H16N4OS. The van der Waals surface area contributed by atoms with Crippen molar-refractivity contribution in [2.45, 2.75) is 11.6 Å². The summed E-state index contributed by atoms with van der Waals surface area (Å²) < 4.78 is 0. The Morgan fingerprint density at radius 2 is 1.85 bits per heavy atom. The fraction of sp³-hybridized carbons (Fsp3) is 0.100. The minimum atomic E-state index is -0.0983. The van der Waals surface area contributed by atoms with Gasteiger partial charge in [-0.05, 0) is 29.8 Å². The lowest BCUT2D eigenvalue weighted by atomic mass is 10.1. The van der Waals surface area contributed by atoms with Crippen molar-refractivity contribution in [3.8, 4) is 17.3 Å². The number of benzene rings is 1. The summed E-state index contributed by atoms with van der Waals surface area (Å²) in [5.41, 5.74) is 3.17. The molecule has 0 saturated heterocycles. The van der Waals surface area contributed by atoms with Crippen LogP contribution in [0.3, 0.4) is 0 Å². The molecule has 2 aromatic heterocycles. The number of nitrogens with one attached hydrogen (secondary N) is 1. The van der Waals surface area contributed by atoms with Gasteiger partial charge < -0.3 is 5.32 Å². The number of aromatic nitrogens is 2. The molecule has 0 unspecified atom stereocenters. The normalized spacial score (nSPS) is 10.1. The average molecular weight is 360 g/mol. The lowest BCUT2D eigenvalue weighted by Crippen LogP contribution is -2.24. The van der Waals surface area contributed by atoms with Crippen molar-refractivity contribution in [1.82, 2.24) is 15.3 Å². The minimum absolute atomic E-state index is 0.0983. The van der Waals surface area contributed by atoms with Gasteiger partial charge in [-0.25, -0.2) is 4.98 Å². The Bertz CT molecular complexity index is 924. The highest BCUT2D eigenvalue weighted by Gasteiger charge is 2.10. The Balaban J connectivity index is 1.65. The second-order valence-electron chi connectivity index (χ2n) is 5.45. The molecule has 1 aromatic carbocycles. The topological polar surface area (TPSA) is 78.7 Å². The number of carbonyl (C=O) groups excluding carboxylic acids is 1. The Labute approximate surface area is 156 Å². The number of nitrogens with zero attached hydrogens (tertiary/aromatic N) is 3. The van der Waals surface area contributed by atoms with Gasteiger partial charge in [0.05, 0.1) is 17.0 Å². The van der Waals surface area contributed by atoms with Gasteiger partial charge in [0.15, 0.2) is 0 Å². The predicted molar refractivity (Wildman–Crippen MR) is 101 cm³/mol. The maximum absolute atomic E-state index is 12.1. The Morgan fingerprint density at radius 3 is 2.58 bits per heavy atom. The van der Waals surface area contributed by atoms with Gasteiger partial charge in [-0.2, -0.15) is 5.26 Å². The van der Waals surface area contributed by atoms with Crippen LogP contribution in [0, 0.1) is 11.3 Å². The Morgan fingerprint density at radius 1 is 1.08 bits per heavy atom. The number of nitriles is 1. The fourth-order valence-electron chi connectivity index (χ4n) is 2.30. The number of carbonyl (C=O) groups is 1. The van der Waals surface area contributed by atoms with Gasteiger partial charge in [-0.15, -0.1) is 0 Å². The van der Waals surface area contributed by atoms with Crippen LogP contribution in [0.25, 0.3) is 11.3 Å². The predicted octanol–water partition coefficient (Wildman–Crippen LogP) is 3.42. The number of rotatable bonds is 6. The molecule has 0 fully saturated rings. The Kier molecular flexibility index (Phi) is 5.96. The third-order valence-electron chi connectivity index (χ3n) is 3.63. The Hall–Kier alpha value is -3.17. The number of hydrogen-bond donors (Lipinski definition) is 1. The van der Waals surface area contributed by atoms with E-state index in [2.05, 4.69) is 21.4 Å². The zero-order valence-electron chi connectivity index (χ0n) is 13.9. The summed E-state index contributed by atoms with van der Waals surface area (Å²) >= 11 is 1.26. The first-order valence-electron chi connectivity index (χ1n) is 8.01. The highest BCUT2D eigenvalue weighted by Crippen LogP contribution is 2.24. The van der Waals surface area contributed by atoms with Crippen LogP contribution < -0.4 is 5.32 Å². The molecule has 0 aliphatic heterocycles. The van der Waals surface area contributed by atoms with Gasteiger partial charge >= 0.3 is 0 Å². The third kappa shape index (κ3) is 4.68. The molecule has 0 aliphatic rings. The van der Waals surface area contributed by atoms with Crippen LogP contribution in [0.2, 0.25) is 0 Å². The average Bonchev–Trinajstić information content (AvgIpc) is 2.72. The molecule has 2 heterocycles. The van der Waals surface area contributed by atoms with Gasteiger partial charge in [-0.1, -0.05) is 42.1 Å². The molecule has 26 heavy (non-hydrogen) atoms. The van der Waals surface area contributed by atoms with Crippen molar-refractivity contribution in [1.29, 1.82) is 5.26 Å². The van der Waals surface area contributed by atoms with Crippen LogP contribution in [-0.4, -0.2) is 21.6 Å². The van der Waals surface area contributed by atoms with E-state index in [0.29, 0.717) is 17.1 Å². The van der Waals surface area contributed by atoms with Crippen LogP contribution in [0.4, 0.5) is 0 Å². The first-order valence-corrected chi connectivity index (χ1v) is 9.00. The summed E-state index contributed by atoms with van der Waals surface area (Å²) in [4.78, 5) is 20.6. The molecule has 0 atom stereocenters. The first kappa shape index (κ1) is 17.6. The number of pyridine rings is 2. The molecule has 1 N–H and O–H groups in total. The molecule has 0 spiro atoms. The highest BCUT2D eigenvalue weighted by atomic mass is 32.2. The molecule has 0 saturated carbocycles. The van der Waals surface area contributed by atoms with E-state index in [1.165, 1.54) is 11.8 Å². The molecule has 6 heteroatoms. The second-order valence-corrected chi connectivity index (χ2v) is 6.41. The molecule has 3 aromatic rings. The van der Waals surface area contributed by atoms with Crippen LogP contribution >= 0.6 is 11.8 Å².